The normalized spacial score (nSPS) is 10.8. The molecule has 0 amide bonds. The number of aromatic nitrogens is 5. The van der Waals surface area contributed by atoms with E-state index in [1.54, 1.807) is 24.3 Å². The zero-order valence-electron chi connectivity index (χ0n) is 10.4. The molecule has 8 nitrogen and oxygen atoms in total. The fourth-order valence-corrected chi connectivity index (χ4v) is 1.96. The van der Waals surface area contributed by atoms with E-state index in [9.17, 15) is 9.59 Å². The van der Waals surface area contributed by atoms with E-state index in [1.165, 1.54) is 17.9 Å². The van der Waals surface area contributed by atoms with Gasteiger partial charge in [0.2, 0.25) is 0 Å². The molecule has 0 aliphatic heterocycles. The Labute approximate surface area is 111 Å². The van der Waals surface area contributed by atoms with Gasteiger partial charge >= 0.3 is 5.97 Å². The van der Waals surface area contributed by atoms with Crippen molar-refractivity contribution in [3.8, 4) is 5.82 Å². The Morgan fingerprint density at radius 1 is 1.30 bits per heavy atom. The fourth-order valence-electron chi connectivity index (χ4n) is 1.96. The van der Waals surface area contributed by atoms with E-state index < -0.39 is 11.5 Å². The molecule has 0 aliphatic carbocycles. The third-order valence-electron chi connectivity index (χ3n) is 2.91. The number of carboxylic acid groups (broad SMARTS) is 1. The van der Waals surface area contributed by atoms with Crippen LogP contribution in [0.5, 0.6) is 0 Å². The van der Waals surface area contributed by atoms with Crippen LogP contribution >= 0.6 is 0 Å². The zero-order chi connectivity index (χ0) is 14.3. The number of hydrogen-bond acceptors (Lipinski definition) is 5. The highest BCUT2D eigenvalue weighted by atomic mass is 16.4. The number of carbonyl (C=O) groups is 1. The molecule has 0 atom stereocenters. The second kappa shape index (κ2) is 4.26. The van der Waals surface area contributed by atoms with Gasteiger partial charge in [0.25, 0.3) is 5.56 Å². The molecular weight excluding hydrogens is 262 g/mol. The quantitative estimate of drug-likeness (QED) is 0.714. The van der Waals surface area contributed by atoms with Gasteiger partial charge < -0.3 is 5.11 Å². The van der Waals surface area contributed by atoms with E-state index >= 15 is 0 Å². The van der Waals surface area contributed by atoms with Crippen LogP contribution in [0.25, 0.3) is 16.7 Å². The Balaban J connectivity index is 2.36. The standard InChI is InChI=1S/C12H9N5O3/c1-16-10(8(6-13-16)12(19)20)17-11(18)7-4-2-3-5-9(7)14-15-17/h2-6H,1H3,(H,19,20). The van der Waals surface area contributed by atoms with E-state index in [2.05, 4.69) is 15.4 Å². The van der Waals surface area contributed by atoms with Crippen molar-refractivity contribution in [1.29, 1.82) is 0 Å². The van der Waals surface area contributed by atoms with Gasteiger partial charge in [-0.05, 0) is 12.1 Å². The molecule has 2 heterocycles. The summed E-state index contributed by atoms with van der Waals surface area (Å²) in [5.41, 5.74) is -0.103. The van der Waals surface area contributed by atoms with Crippen molar-refractivity contribution in [3.63, 3.8) is 0 Å². The maximum atomic E-state index is 12.4. The maximum Gasteiger partial charge on any atom is 0.341 e. The van der Waals surface area contributed by atoms with Gasteiger partial charge in [0.1, 0.15) is 11.1 Å². The van der Waals surface area contributed by atoms with Crippen molar-refractivity contribution in [2.45, 2.75) is 0 Å². The number of benzene rings is 1. The molecular formula is C12H9N5O3. The van der Waals surface area contributed by atoms with Crippen LogP contribution in [0.3, 0.4) is 0 Å². The minimum absolute atomic E-state index is 0.0701. The second-order valence-electron chi connectivity index (χ2n) is 4.13. The number of aryl methyl sites for hydroxylation is 1. The average molecular weight is 271 g/mol. The van der Waals surface area contributed by atoms with Crippen molar-refractivity contribution < 1.29 is 9.90 Å². The molecule has 0 saturated heterocycles. The Bertz CT molecular complexity index is 880. The summed E-state index contributed by atoms with van der Waals surface area (Å²) in [5.74, 6) is -1.12. The molecule has 100 valence electrons. The summed E-state index contributed by atoms with van der Waals surface area (Å²) < 4.78 is 2.22. The minimum atomic E-state index is -1.19. The lowest BCUT2D eigenvalue weighted by molar-refractivity contribution is 0.0696. The molecule has 0 saturated carbocycles. The molecule has 8 heteroatoms. The van der Waals surface area contributed by atoms with Gasteiger partial charge in [0, 0.05) is 7.05 Å². The summed E-state index contributed by atoms with van der Waals surface area (Å²) in [7, 11) is 1.53. The van der Waals surface area contributed by atoms with Gasteiger partial charge in [0.05, 0.1) is 11.6 Å². The van der Waals surface area contributed by atoms with Gasteiger partial charge in [-0.1, -0.05) is 17.3 Å². The number of carboxylic acids is 1. The van der Waals surface area contributed by atoms with E-state index in [1.807, 2.05) is 0 Å². The average Bonchev–Trinajstić information content (AvgIpc) is 2.82. The third kappa shape index (κ3) is 1.66. The van der Waals surface area contributed by atoms with Crippen LogP contribution in [0, 0.1) is 0 Å². The topological polar surface area (TPSA) is 103 Å². The van der Waals surface area contributed by atoms with Gasteiger partial charge in [0.15, 0.2) is 5.82 Å². The molecule has 2 aromatic heterocycles. The Hall–Kier alpha value is -3.03. The lowest BCUT2D eigenvalue weighted by atomic mass is 10.2. The molecule has 0 radical (unpaired) electrons. The highest BCUT2D eigenvalue weighted by Gasteiger charge is 2.19. The Morgan fingerprint density at radius 3 is 2.80 bits per heavy atom. The molecule has 20 heavy (non-hydrogen) atoms. The first kappa shape index (κ1) is 12.0. The van der Waals surface area contributed by atoms with Crippen molar-refractivity contribution in [3.05, 3.63) is 46.4 Å². The van der Waals surface area contributed by atoms with Crippen molar-refractivity contribution in [1.82, 2.24) is 24.8 Å². The predicted octanol–water partition coefficient (Wildman–Crippen LogP) is 0.212. The molecule has 1 aromatic carbocycles. The highest BCUT2D eigenvalue weighted by Crippen LogP contribution is 2.12. The molecule has 0 bridgehead atoms. The Kier molecular flexibility index (Phi) is 2.56. The van der Waals surface area contributed by atoms with Crippen molar-refractivity contribution in [2.24, 2.45) is 7.05 Å². The summed E-state index contributed by atoms with van der Waals surface area (Å²) >= 11 is 0. The highest BCUT2D eigenvalue weighted by molar-refractivity contribution is 5.91. The Morgan fingerprint density at radius 2 is 2.05 bits per heavy atom. The molecule has 1 N–H and O–H groups in total. The van der Waals surface area contributed by atoms with Gasteiger partial charge in [-0.15, -0.1) is 5.10 Å². The van der Waals surface area contributed by atoms with Crippen LogP contribution in [0.2, 0.25) is 0 Å². The summed E-state index contributed by atoms with van der Waals surface area (Å²) in [6, 6.07) is 6.72. The number of nitrogens with zero attached hydrogens (tertiary/aromatic N) is 5. The number of rotatable bonds is 2. The van der Waals surface area contributed by atoms with Crippen LogP contribution in [-0.2, 0) is 7.05 Å². The van der Waals surface area contributed by atoms with E-state index in [-0.39, 0.29) is 11.4 Å². The molecule has 0 aliphatic rings. The summed E-state index contributed by atoms with van der Waals surface area (Å²) in [6.45, 7) is 0. The SMILES string of the molecule is Cn1ncc(C(=O)O)c1-n1nnc2ccccc2c1=O. The van der Waals surface area contributed by atoms with Crippen LogP contribution in [0.15, 0.2) is 35.3 Å². The van der Waals surface area contributed by atoms with Gasteiger partial charge in [-0.25, -0.2) is 4.79 Å². The summed E-state index contributed by atoms with van der Waals surface area (Å²) in [6.07, 6.45) is 1.17. The number of hydrogen-bond donors (Lipinski definition) is 1. The first-order valence-corrected chi connectivity index (χ1v) is 5.70. The van der Waals surface area contributed by atoms with Crippen LogP contribution in [0.4, 0.5) is 0 Å². The fraction of sp³-hybridized carbons (Fsp3) is 0.0833. The summed E-state index contributed by atoms with van der Waals surface area (Å²) in [5, 5.41) is 21.0. The van der Waals surface area contributed by atoms with Crippen LogP contribution < -0.4 is 5.56 Å². The first-order valence-electron chi connectivity index (χ1n) is 5.70. The minimum Gasteiger partial charge on any atom is -0.477 e. The lowest BCUT2D eigenvalue weighted by Crippen LogP contribution is -2.26. The number of aromatic carboxylic acids is 1. The first-order chi connectivity index (χ1) is 9.59. The van der Waals surface area contributed by atoms with Gasteiger partial charge in [-0.3, -0.25) is 9.48 Å². The van der Waals surface area contributed by atoms with Crippen LogP contribution in [-0.4, -0.2) is 35.9 Å². The van der Waals surface area contributed by atoms with E-state index in [0.717, 1.165) is 4.68 Å². The van der Waals surface area contributed by atoms with E-state index in [4.69, 9.17) is 5.11 Å². The van der Waals surface area contributed by atoms with E-state index in [0.29, 0.717) is 10.9 Å². The second-order valence-corrected chi connectivity index (χ2v) is 4.13. The largest absolute Gasteiger partial charge is 0.477 e. The molecule has 0 unspecified atom stereocenters. The van der Waals surface area contributed by atoms with Gasteiger partial charge in [-0.2, -0.15) is 9.78 Å². The van der Waals surface area contributed by atoms with Crippen molar-refractivity contribution >= 4 is 16.9 Å². The zero-order valence-corrected chi connectivity index (χ0v) is 10.4. The molecule has 3 aromatic rings. The molecule has 3 rings (SSSR count). The smallest absolute Gasteiger partial charge is 0.341 e. The summed E-state index contributed by atoms with van der Waals surface area (Å²) in [4.78, 5) is 23.5. The molecule has 0 fully saturated rings. The van der Waals surface area contributed by atoms with Crippen LogP contribution in [0.1, 0.15) is 10.4 Å². The number of fused-ring (bicyclic) bond motifs is 1. The molecule has 0 spiro atoms. The monoisotopic (exact) mass is 271 g/mol. The maximum absolute atomic E-state index is 12.4. The lowest BCUT2D eigenvalue weighted by Gasteiger charge is -2.06. The third-order valence-corrected chi connectivity index (χ3v) is 2.91. The predicted molar refractivity (Wildman–Crippen MR) is 68.9 cm³/mol. The van der Waals surface area contributed by atoms with Crippen molar-refractivity contribution in [2.75, 3.05) is 0 Å².